The molecule has 0 unspecified atom stereocenters. The first-order valence-electron chi connectivity index (χ1n) is 9.90. The highest BCUT2D eigenvalue weighted by Crippen LogP contribution is 2.35. The summed E-state index contributed by atoms with van der Waals surface area (Å²) in [5.41, 5.74) is 5.75. The van der Waals surface area contributed by atoms with Gasteiger partial charge in [0.15, 0.2) is 11.5 Å². The summed E-state index contributed by atoms with van der Waals surface area (Å²) in [7, 11) is 0. The van der Waals surface area contributed by atoms with Crippen LogP contribution in [-0.4, -0.2) is 12.5 Å². The van der Waals surface area contributed by atoms with Gasteiger partial charge in [-0.15, -0.1) is 0 Å². The van der Waals surface area contributed by atoms with E-state index < -0.39 is 0 Å². The summed E-state index contributed by atoms with van der Waals surface area (Å²) in [4.78, 5) is 12.9. The Balaban J connectivity index is 1.83. The van der Waals surface area contributed by atoms with E-state index in [1.54, 1.807) is 6.07 Å². The van der Waals surface area contributed by atoms with Crippen LogP contribution in [0.3, 0.4) is 0 Å². The van der Waals surface area contributed by atoms with Gasteiger partial charge in [0, 0.05) is 11.3 Å². The molecule has 0 heterocycles. The number of hydrogen-bond donors (Lipinski definition) is 1. The molecule has 3 aromatic carbocycles. The van der Waals surface area contributed by atoms with Gasteiger partial charge >= 0.3 is 0 Å². The highest BCUT2D eigenvalue weighted by Gasteiger charge is 2.17. The fourth-order valence-electron chi connectivity index (χ4n) is 3.01. The van der Waals surface area contributed by atoms with Crippen molar-refractivity contribution in [2.45, 2.75) is 34.3 Å². The van der Waals surface area contributed by atoms with Crippen LogP contribution in [0.2, 0.25) is 0 Å². The van der Waals surface area contributed by atoms with Crippen molar-refractivity contribution in [3.8, 4) is 11.5 Å². The number of hydrogen-bond acceptors (Lipinski definition) is 3. The lowest BCUT2D eigenvalue weighted by atomic mass is 10.1. The summed E-state index contributed by atoms with van der Waals surface area (Å²) < 4.78 is 12.7. The van der Waals surface area contributed by atoms with Crippen molar-refractivity contribution in [2.24, 2.45) is 0 Å². The topological polar surface area (TPSA) is 47.6 Å². The number of rotatable bonds is 7. The van der Waals surface area contributed by atoms with Gasteiger partial charge in [-0.05, 0) is 85.2 Å². The first kappa shape index (κ1) is 22.2. The summed E-state index contributed by atoms with van der Waals surface area (Å²) in [5.74, 6) is 1.05. The van der Waals surface area contributed by atoms with E-state index in [1.807, 2.05) is 45.0 Å². The molecule has 0 bridgehead atoms. The van der Waals surface area contributed by atoms with Gasteiger partial charge in [0.2, 0.25) is 0 Å². The molecule has 1 N–H and O–H groups in total. The standard InChI is InChI=1S/C25H26INO3/c1-5-29-23-14-20(25(28)27-22-12-17(3)6-9-18(22)4)13-21(26)24(23)30-15-19-10-7-16(2)8-11-19/h6-14H,5,15H2,1-4H3,(H,27,28). The van der Waals surface area contributed by atoms with Crippen molar-refractivity contribution in [2.75, 3.05) is 11.9 Å². The molecule has 3 aromatic rings. The predicted octanol–water partition coefficient (Wildman–Crippen LogP) is 6.45. The molecule has 0 saturated carbocycles. The predicted molar refractivity (Wildman–Crippen MR) is 130 cm³/mol. The smallest absolute Gasteiger partial charge is 0.255 e. The second kappa shape index (κ2) is 9.98. The molecule has 3 rings (SSSR count). The van der Waals surface area contributed by atoms with E-state index in [1.165, 1.54) is 5.56 Å². The molecule has 0 saturated heterocycles. The number of ether oxygens (including phenoxy) is 2. The lowest BCUT2D eigenvalue weighted by molar-refractivity contribution is 0.102. The number of benzene rings is 3. The number of halogens is 1. The van der Waals surface area contributed by atoms with Crippen LogP contribution in [0, 0.1) is 24.3 Å². The first-order chi connectivity index (χ1) is 14.4. The van der Waals surface area contributed by atoms with Gasteiger partial charge in [-0.25, -0.2) is 0 Å². The van der Waals surface area contributed by atoms with E-state index in [0.717, 1.165) is 25.9 Å². The Morgan fingerprint density at radius 2 is 1.63 bits per heavy atom. The lowest BCUT2D eigenvalue weighted by Crippen LogP contribution is -2.14. The van der Waals surface area contributed by atoms with Crippen molar-refractivity contribution in [1.29, 1.82) is 0 Å². The second-order valence-corrected chi connectivity index (χ2v) is 8.43. The average molecular weight is 515 g/mol. The van der Waals surface area contributed by atoms with Crippen molar-refractivity contribution in [1.82, 2.24) is 0 Å². The molecule has 156 valence electrons. The molecule has 0 aliphatic carbocycles. The molecule has 0 aliphatic heterocycles. The largest absolute Gasteiger partial charge is 0.490 e. The lowest BCUT2D eigenvalue weighted by Gasteiger charge is -2.16. The van der Waals surface area contributed by atoms with E-state index in [2.05, 4.69) is 59.1 Å². The van der Waals surface area contributed by atoms with Crippen molar-refractivity contribution in [3.05, 3.63) is 86.0 Å². The maximum atomic E-state index is 12.9. The zero-order chi connectivity index (χ0) is 21.7. The van der Waals surface area contributed by atoms with E-state index in [-0.39, 0.29) is 5.91 Å². The number of aryl methyl sites for hydroxylation is 3. The highest BCUT2D eigenvalue weighted by atomic mass is 127. The summed E-state index contributed by atoms with van der Waals surface area (Å²) in [5, 5.41) is 3.01. The quantitative estimate of drug-likeness (QED) is 0.368. The Hall–Kier alpha value is -2.54. The molecule has 0 fully saturated rings. The summed E-state index contributed by atoms with van der Waals surface area (Å²) >= 11 is 2.19. The molecule has 0 aliphatic rings. The summed E-state index contributed by atoms with van der Waals surface area (Å²) in [6.07, 6.45) is 0. The van der Waals surface area contributed by atoms with E-state index in [0.29, 0.717) is 30.3 Å². The van der Waals surface area contributed by atoms with E-state index >= 15 is 0 Å². The van der Waals surface area contributed by atoms with Crippen molar-refractivity contribution < 1.29 is 14.3 Å². The Morgan fingerprint density at radius 3 is 2.33 bits per heavy atom. The van der Waals surface area contributed by atoms with Crippen LogP contribution in [0.4, 0.5) is 5.69 Å². The van der Waals surface area contributed by atoms with E-state index in [9.17, 15) is 4.79 Å². The van der Waals surface area contributed by atoms with Crippen LogP contribution in [0.1, 0.15) is 39.5 Å². The van der Waals surface area contributed by atoms with Gasteiger partial charge in [0.05, 0.1) is 10.2 Å². The molecule has 0 spiro atoms. The monoisotopic (exact) mass is 515 g/mol. The van der Waals surface area contributed by atoms with Crippen LogP contribution in [-0.2, 0) is 6.61 Å². The Morgan fingerprint density at radius 1 is 0.933 bits per heavy atom. The van der Waals surface area contributed by atoms with Crippen LogP contribution >= 0.6 is 22.6 Å². The summed E-state index contributed by atoms with van der Waals surface area (Å²) in [6, 6.07) is 17.8. The van der Waals surface area contributed by atoms with Crippen LogP contribution in [0.25, 0.3) is 0 Å². The number of anilines is 1. The third-order valence-electron chi connectivity index (χ3n) is 4.72. The molecule has 5 heteroatoms. The zero-order valence-electron chi connectivity index (χ0n) is 17.7. The fourth-order valence-corrected chi connectivity index (χ4v) is 3.76. The van der Waals surface area contributed by atoms with Crippen molar-refractivity contribution in [3.63, 3.8) is 0 Å². The van der Waals surface area contributed by atoms with Gasteiger partial charge in [0.1, 0.15) is 6.61 Å². The molecular formula is C25H26INO3. The maximum absolute atomic E-state index is 12.9. The number of carbonyl (C=O) groups excluding carboxylic acids is 1. The zero-order valence-corrected chi connectivity index (χ0v) is 19.9. The molecule has 4 nitrogen and oxygen atoms in total. The van der Waals surface area contributed by atoms with Gasteiger partial charge in [-0.3, -0.25) is 4.79 Å². The minimum Gasteiger partial charge on any atom is -0.490 e. The Bertz CT molecular complexity index is 1050. The fraction of sp³-hybridized carbons (Fsp3) is 0.240. The summed E-state index contributed by atoms with van der Waals surface area (Å²) in [6.45, 7) is 8.88. The number of amides is 1. The molecule has 30 heavy (non-hydrogen) atoms. The van der Waals surface area contributed by atoms with Crippen LogP contribution in [0.15, 0.2) is 54.6 Å². The van der Waals surface area contributed by atoms with Crippen LogP contribution in [0.5, 0.6) is 11.5 Å². The number of carbonyl (C=O) groups is 1. The Kier molecular flexibility index (Phi) is 7.37. The molecule has 0 radical (unpaired) electrons. The van der Waals surface area contributed by atoms with Crippen molar-refractivity contribution >= 4 is 34.2 Å². The SMILES string of the molecule is CCOc1cc(C(=O)Nc2cc(C)ccc2C)cc(I)c1OCc1ccc(C)cc1. The molecule has 0 aromatic heterocycles. The average Bonchev–Trinajstić information content (AvgIpc) is 2.71. The normalized spacial score (nSPS) is 10.6. The molecule has 0 atom stereocenters. The van der Waals surface area contributed by atoms with Gasteiger partial charge in [-0.2, -0.15) is 0 Å². The van der Waals surface area contributed by atoms with Crippen LogP contribution < -0.4 is 14.8 Å². The van der Waals surface area contributed by atoms with Gasteiger partial charge in [-0.1, -0.05) is 42.0 Å². The van der Waals surface area contributed by atoms with E-state index in [4.69, 9.17) is 9.47 Å². The molecule has 1 amide bonds. The Labute approximate surface area is 191 Å². The minimum atomic E-state index is -0.173. The first-order valence-corrected chi connectivity index (χ1v) is 11.0. The third kappa shape index (κ3) is 5.53. The number of nitrogens with one attached hydrogen (secondary N) is 1. The maximum Gasteiger partial charge on any atom is 0.255 e. The highest BCUT2D eigenvalue weighted by molar-refractivity contribution is 14.1. The van der Waals surface area contributed by atoms with Gasteiger partial charge < -0.3 is 14.8 Å². The third-order valence-corrected chi connectivity index (χ3v) is 5.52. The molecular weight excluding hydrogens is 489 g/mol. The minimum absolute atomic E-state index is 0.173. The van der Waals surface area contributed by atoms with Gasteiger partial charge in [0.25, 0.3) is 5.91 Å². The second-order valence-electron chi connectivity index (χ2n) is 7.27.